The lowest BCUT2D eigenvalue weighted by atomic mass is 10.1. The Hall–Kier alpha value is -2.29. The number of benzene rings is 1. The number of aromatic nitrogens is 1. The number of aromatic amines is 1. The Kier molecular flexibility index (Phi) is 3.42. The number of fused-ring (bicyclic) bond motifs is 1. The van der Waals surface area contributed by atoms with Gasteiger partial charge in [0.1, 0.15) is 0 Å². The van der Waals surface area contributed by atoms with E-state index in [2.05, 4.69) is 40.5 Å². The maximum absolute atomic E-state index is 11.4. The van der Waals surface area contributed by atoms with E-state index in [0.717, 1.165) is 25.0 Å². The van der Waals surface area contributed by atoms with Crippen LogP contribution in [0.2, 0.25) is 0 Å². The first-order valence-electron chi connectivity index (χ1n) is 6.93. The second kappa shape index (κ2) is 5.37. The van der Waals surface area contributed by atoms with Gasteiger partial charge in [0, 0.05) is 35.4 Å². The lowest BCUT2D eigenvalue weighted by molar-refractivity contribution is -0.113. The third-order valence-electron chi connectivity index (χ3n) is 3.72. The smallest absolute Gasteiger partial charge is 0.157 e. The largest absolute Gasteiger partial charge is 0.361 e. The van der Waals surface area contributed by atoms with Gasteiger partial charge < -0.3 is 9.88 Å². The number of carbonyl (C=O) groups excluding carboxylic acids is 1. The fourth-order valence-electron chi connectivity index (χ4n) is 2.57. The molecule has 0 fully saturated rings. The molecule has 0 unspecified atom stereocenters. The van der Waals surface area contributed by atoms with Gasteiger partial charge in [-0.05, 0) is 37.6 Å². The SMILES string of the molecule is CC(=O)C1=CN(CCc2c[nH]c3ccccc23)C=CC1. The van der Waals surface area contributed by atoms with Crippen molar-refractivity contribution in [3.63, 3.8) is 0 Å². The average Bonchev–Trinajstić information content (AvgIpc) is 2.89. The molecule has 2 aromatic rings. The fourth-order valence-corrected chi connectivity index (χ4v) is 2.57. The molecule has 1 aliphatic rings. The highest BCUT2D eigenvalue weighted by atomic mass is 16.1. The zero-order valence-corrected chi connectivity index (χ0v) is 11.6. The summed E-state index contributed by atoms with van der Waals surface area (Å²) in [4.78, 5) is 16.8. The van der Waals surface area contributed by atoms with Gasteiger partial charge in [0.05, 0.1) is 0 Å². The van der Waals surface area contributed by atoms with Crippen LogP contribution in [0.25, 0.3) is 10.9 Å². The maximum atomic E-state index is 11.4. The lowest BCUT2D eigenvalue weighted by Gasteiger charge is -2.20. The number of rotatable bonds is 4. The van der Waals surface area contributed by atoms with E-state index in [1.54, 1.807) is 6.92 Å². The number of nitrogens with zero attached hydrogens (tertiary/aromatic N) is 1. The van der Waals surface area contributed by atoms with Crippen LogP contribution in [-0.4, -0.2) is 22.2 Å². The van der Waals surface area contributed by atoms with E-state index in [1.165, 1.54) is 16.5 Å². The molecule has 0 radical (unpaired) electrons. The summed E-state index contributed by atoms with van der Waals surface area (Å²) in [7, 11) is 0. The van der Waals surface area contributed by atoms with Crippen molar-refractivity contribution in [2.45, 2.75) is 19.8 Å². The first-order valence-corrected chi connectivity index (χ1v) is 6.93. The average molecular weight is 266 g/mol. The van der Waals surface area contributed by atoms with Crippen molar-refractivity contribution in [3.8, 4) is 0 Å². The summed E-state index contributed by atoms with van der Waals surface area (Å²) in [5.74, 6) is 0.159. The minimum Gasteiger partial charge on any atom is -0.361 e. The molecule has 3 heteroatoms. The Labute approximate surface area is 118 Å². The van der Waals surface area contributed by atoms with Crippen molar-refractivity contribution in [3.05, 3.63) is 60.1 Å². The van der Waals surface area contributed by atoms with Crippen molar-refractivity contribution in [2.75, 3.05) is 6.54 Å². The quantitative estimate of drug-likeness (QED) is 0.920. The van der Waals surface area contributed by atoms with Crippen LogP contribution in [0.4, 0.5) is 0 Å². The molecule has 1 N–H and O–H groups in total. The number of para-hydroxylation sites is 1. The molecule has 20 heavy (non-hydrogen) atoms. The standard InChI is InChI=1S/C17H18N2O/c1-13(20)15-5-4-9-19(12-15)10-8-14-11-18-17-7-3-2-6-16(14)17/h2-4,6-7,9,11-12,18H,5,8,10H2,1H3. The van der Waals surface area contributed by atoms with Gasteiger partial charge in [-0.3, -0.25) is 4.79 Å². The molecule has 0 spiro atoms. The molecule has 3 nitrogen and oxygen atoms in total. The zero-order chi connectivity index (χ0) is 13.9. The number of nitrogens with one attached hydrogen (secondary N) is 1. The highest BCUT2D eigenvalue weighted by molar-refractivity contribution is 5.93. The summed E-state index contributed by atoms with van der Waals surface area (Å²) in [6, 6.07) is 8.34. The Morgan fingerprint density at radius 1 is 1.35 bits per heavy atom. The van der Waals surface area contributed by atoms with Crippen molar-refractivity contribution in [1.82, 2.24) is 9.88 Å². The third kappa shape index (κ3) is 2.52. The summed E-state index contributed by atoms with van der Waals surface area (Å²) < 4.78 is 0. The maximum Gasteiger partial charge on any atom is 0.157 e. The van der Waals surface area contributed by atoms with Crippen molar-refractivity contribution >= 4 is 16.7 Å². The predicted molar refractivity (Wildman–Crippen MR) is 81.2 cm³/mol. The minimum atomic E-state index is 0.159. The van der Waals surface area contributed by atoms with E-state index in [1.807, 2.05) is 18.3 Å². The Bertz CT molecular complexity index is 694. The lowest BCUT2D eigenvalue weighted by Crippen LogP contribution is -2.18. The number of Topliss-reactive ketones (excluding diaryl/α,β-unsaturated/α-hetero) is 1. The zero-order valence-electron chi connectivity index (χ0n) is 11.6. The summed E-state index contributed by atoms with van der Waals surface area (Å²) in [6.45, 7) is 2.51. The van der Waals surface area contributed by atoms with Crippen LogP contribution in [0.15, 0.2) is 54.5 Å². The van der Waals surface area contributed by atoms with E-state index in [9.17, 15) is 4.79 Å². The molecule has 0 amide bonds. The van der Waals surface area contributed by atoms with Crippen LogP contribution >= 0.6 is 0 Å². The van der Waals surface area contributed by atoms with Gasteiger partial charge in [0.25, 0.3) is 0 Å². The number of hydrogen-bond donors (Lipinski definition) is 1. The first-order chi connectivity index (χ1) is 9.74. The molecule has 2 heterocycles. The number of hydrogen-bond acceptors (Lipinski definition) is 2. The van der Waals surface area contributed by atoms with Crippen molar-refractivity contribution in [2.24, 2.45) is 0 Å². The van der Waals surface area contributed by atoms with E-state index >= 15 is 0 Å². The molecule has 0 saturated carbocycles. The van der Waals surface area contributed by atoms with Gasteiger partial charge >= 0.3 is 0 Å². The molecule has 0 saturated heterocycles. The molecule has 0 atom stereocenters. The van der Waals surface area contributed by atoms with E-state index < -0.39 is 0 Å². The molecule has 102 valence electrons. The predicted octanol–water partition coefficient (Wildman–Crippen LogP) is 3.40. The molecule has 1 aliphatic heterocycles. The Morgan fingerprint density at radius 3 is 3.05 bits per heavy atom. The second-order valence-corrected chi connectivity index (χ2v) is 5.15. The minimum absolute atomic E-state index is 0.159. The molecule has 0 bridgehead atoms. The molecule has 1 aromatic carbocycles. The van der Waals surface area contributed by atoms with Gasteiger partial charge in [0.15, 0.2) is 5.78 Å². The Balaban J connectivity index is 1.72. The third-order valence-corrected chi connectivity index (χ3v) is 3.72. The number of ketones is 1. The van der Waals surface area contributed by atoms with Gasteiger partial charge in [-0.2, -0.15) is 0 Å². The molecular weight excluding hydrogens is 248 g/mol. The number of carbonyl (C=O) groups is 1. The van der Waals surface area contributed by atoms with Gasteiger partial charge in [-0.1, -0.05) is 24.3 Å². The van der Waals surface area contributed by atoms with Crippen LogP contribution < -0.4 is 0 Å². The van der Waals surface area contributed by atoms with Crippen molar-refractivity contribution < 1.29 is 4.79 Å². The summed E-state index contributed by atoms with van der Waals surface area (Å²) in [5.41, 5.74) is 3.38. The monoisotopic (exact) mass is 266 g/mol. The summed E-state index contributed by atoms with van der Waals surface area (Å²) in [5, 5.41) is 1.28. The van der Waals surface area contributed by atoms with E-state index in [4.69, 9.17) is 0 Å². The van der Waals surface area contributed by atoms with Crippen LogP contribution in [0.1, 0.15) is 18.9 Å². The number of H-pyrrole nitrogens is 1. The highest BCUT2D eigenvalue weighted by Crippen LogP contribution is 2.19. The van der Waals surface area contributed by atoms with E-state index in [0.29, 0.717) is 0 Å². The molecular formula is C17H18N2O. The van der Waals surface area contributed by atoms with Crippen LogP contribution in [-0.2, 0) is 11.2 Å². The van der Waals surface area contributed by atoms with E-state index in [-0.39, 0.29) is 5.78 Å². The van der Waals surface area contributed by atoms with Gasteiger partial charge in [-0.15, -0.1) is 0 Å². The normalized spacial score (nSPS) is 14.7. The topological polar surface area (TPSA) is 36.1 Å². The van der Waals surface area contributed by atoms with Gasteiger partial charge in [0.2, 0.25) is 0 Å². The van der Waals surface area contributed by atoms with Crippen LogP contribution in [0.5, 0.6) is 0 Å². The number of allylic oxidation sites excluding steroid dienone is 2. The Morgan fingerprint density at radius 2 is 2.20 bits per heavy atom. The molecule has 1 aromatic heterocycles. The first kappa shape index (κ1) is 12.7. The molecule has 0 aliphatic carbocycles. The van der Waals surface area contributed by atoms with Crippen LogP contribution in [0.3, 0.4) is 0 Å². The van der Waals surface area contributed by atoms with Crippen LogP contribution in [0, 0.1) is 0 Å². The van der Waals surface area contributed by atoms with Gasteiger partial charge in [-0.25, -0.2) is 0 Å². The fraction of sp³-hybridized carbons (Fsp3) is 0.235. The highest BCUT2D eigenvalue weighted by Gasteiger charge is 2.10. The molecule has 3 rings (SSSR count). The van der Waals surface area contributed by atoms with Crippen molar-refractivity contribution in [1.29, 1.82) is 0 Å². The second-order valence-electron chi connectivity index (χ2n) is 5.15. The summed E-state index contributed by atoms with van der Waals surface area (Å²) in [6.07, 6.45) is 9.85. The summed E-state index contributed by atoms with van der Waals surface area (Å²) >= 11 is 0.